The van der Waals surface area contributed by atoms with E-state index in [1.165, 1.54) is 5.56 Å². The average molecular weight is 252 g/mol. The van der Waals surface area contributed by atoms with E-state index >= 15 is 0 Å². The van der Waals surface area contributed by atoms with Crippen molar-refractivity contribution >= 4 is 52.2 Å². The number of hydrogen-bond acceptors (Lipinski definition) is 4. The molecule has 0 saturated carbocycles. The Morgan fingerprint density at radius 3 is 2.50 bits per heavy atom. The highest BCUT2D eigenvalue weighted by Crippen LogP contribution is 2.27. The summed E-state index contributed by atoms with van der Waals surface area (Å²) in [5, 5.41) is 2.05. The van der Waals surface area contributed by atoms with Gasteiger partial charge in [0.25, 0.3) is 0 Å². The highest BCUT2D eigenvalue weighted by molar-refractivity contribution is 7.17. The third-order valence-corrected chi connectivity index (χ3v) is 2.84. The Hall–Kier alpha value is -0.580. The van der Waals surface area contributed by atoms with Gasteiger partial charge in [-0.2, -0.15) is 0 Å². The molecule has 0 bridgehead atoms. The molecule has 78 valence electrons. The number of nitrogens with zero attached hydrogens (tertiary/aromatic N) is 2. The fourth-order valence-electron chi connectivity index (χ4n) is 1.17. The van der Waals surface area contributed by atoms with Crippen molar-refractivity contribution < 1.29 is 0 Å². The van der Waals surface area contributed by atoms with Crippen LogP contribution in [-0.4, -0.2) is 9.97 Å². The van der Waals surface area contributed by atoms with Gasteiger partial charge in [-0.25, -0.2) is 9.97 Å². The van der Waals surface area contributed by atoms with E-state index in [0.29, 0.717) is 5.82 Å². The minimum absolute atomic E-state index is 0. The number of rotatable bonds is 0. The fraction of sp³-hybridized carbons (Fsp3) is 0.250. The molecule has 2 aromatic heterocycles. The van der Waals surface area contributed by atoms with Gasteiger partial charge >= 0.3 is 0 Å². The second-order valence-electron chi connectivity index (χ2n) is 2.75. The third-order valence-electron chi connectivity index (χ3n) is 1.73. The molecular formula is C8H11Cl2N3S. The zero-order valence-corrected chi connectivity index (χ0v) is 10.2. The van der Waals surface area contributed by atoms with Crippen molar-refractivity contribution in [1.82, 2.24) is 9.97 Å². The normalized spacial score (nSPS) is 9.29. The van der Waals surface area contributed by atoms with Gasteiger partial charge in [0, 0.05) is 0 Å². The van der Waals surface area contributed by atoms with Gasteiger partial charge in [-0.1, -0.05) is 0 Å². The molecule has 0 spiro atoms. The predicted octanol–water partition coefficient (Wildman–Crippen LogP) is 2.73. The monoisotopic (exact) mass is 251 g/mol. The average Bonchev–Trinajstić information content (AvgIpc) is 2.33. The maximum absolute atomic E-state index is 5.73. The van der Waals surface area contributed by atoms with Crippen LogP contribution in [-0.2, 0) is 0 Å². The molecule has 2 heterocycles. The number of halogens is 2. The molecule has 0 aliphatic heterocycles. The Kier molecular flexibility index (Phi) is 4.58. The van der Waals surface area contributed by atoms with E-state index < -0.39 is 0 Å². The van der Waals surface area contributed by atoms with Crippen LogP contribution in [0.15, 0.2) is 5.38 Å². The Bertz CT molecular complexity index is 441. The van der Waals surface area contributed by atoms with Crippen LogP contribution in [0.1, 0.15) is 11.4 Å². The van der Waals surface area contributed by atoms with Crippen LogP contribution in [0.5, 0.6) is 0 Å². The van der Waals surface area contributed by atoms with Crippen LogP contribution in [0, 0.1) is 13.8 Å². The Morgan fingerprint density at radius 2 is 1.86 bits per heavy atom. The third kappa shape index (κ3) is 2.08. The van der Waals surface area contributed by atoms with Gasteiger partial charge < -0.3 is 5.73 Å². The highest BCUT2D eigenvalue weighted by Gasteiger charge is 2.06. The summed E-state index contributed by atoms with van der Waals surface area (Å²) in [6.45, 7) is 3.89. The van der Waals surface area contributed by atoms with Gasteiger partial charge in [0.2, 0.25) is 0 Å². The summed E-state index contributed by atoms with van der Waals surface area (Å²) in [7, 11) is 0. The van der Waals surface area contributed by atoms with Crippen molar-refractivity contribution in [3.8, 4) is 0 Å². The first-order chi connectivity index (χ1) is 5.68. The van der Waals surface area contributed by atoms with E-state index in [1.807, 2.05) is 13.8 Å². The maximum Gasteiger partial charge on any atom is 0.145 e. The fourth-order valence-corrected chi connectivity index (χ4v) is 2.06. The quantitative estimate of drug-likeness (QED) is 0.784. The van der Waals surface area contributed by atoms with Gasteiger partial charge in [0.1, 0.15) is 11.6 Å². The second kappa shape index (κ2) is 4.77. The molecule has 3 nitrogen and oxygen atoms in total. The molecule has 0 radical (unpaired) electrons. The summed E-state index contributed by atoms with van der Waals surface area (Å²) in [6.07, 6.45) is 0. The van der Waals surface area contributed by atoms with E-state index in [9.17, 15) is 0 Å². The molecule has 0 aliphatic carbocycles. The first-order valence-corrected chi connectivity index (χ1v) is 4.54. The van der Waals surface area contributed by atoms with Crippen molar-refractivity contribution in [3.63, 3.8) is 0 Å². The van der Waals surface area contributed by atoms with Gasteiger partial charge in [0.05, 0.1) is 10.2 Å². The Balaban J connectivity index is 0.000000845. The van der Waals surface area contributed by atoms with Crippen molar-refractivity contribution in [2.45, 2.75) is 13.8 Å². The molecule has 0 amide bonds. The number of aromatic nitrogens is 2. The second-order valence-corrected chi connectivity index (χ2v) is 3.63. The summed E-state index contributed by atoms with van der Waals surface area (Å²) >= 11 is 1.60. The predicted molar refractivity (Wildman–Crippen MR) is 65.8 cm³/mol. The molecule has 2 aromatic rings. The van der Waals surface area contributed by atoms with Crippen LogP contribution in [0.3, 0.4) is 0 Å². The lowest BCUT2D eigenvalue weighted by Crippen LogP contribution is -1.95. The number of hydrogen-bond donors (Lipinski definition) is 1. The lowest BCUT2D eigenvalue weighted by atomic mass is 10.3. The SMILES string of the molecule is Cc1nc(N)c2scc(C)c2n1.Cl.Cl. The topological polar surface area (TPSA) is 51.8 Å². The van der Waals surface area contributed by atoms with Gasteiger partial charge in [-0.15, -0.1) is 36.2 Å². The zero-order valence-electron chi connectivity index (χ0n) is 7.77. The van der Waals surface area contributed by atoms with E-state index in [4.69, 9.17) is 5.73 Å². The number of aryl methyl sites for hydroxylation is 2. The summed E-state index contributed by atoms with van der Waals surface area (Å²) in [5.41, 5.74) is 7.89. The molecule has 0 aromatic carbocycles. The number of fused-ring (bicyclic) bond motifs is 1. The molecule has 14 heavy (non-hydrogen) atoms. The van der Waals surface area contributed by atoms with Crippen molar-refractivity contribution in [2.75, 3.05) is 5.73 Å². The summed E-state index contributed by atoms with van der Waals surface area (Å²) in [5.74, 6) is 1.33. The molecule has 2 N–H and O–H groups in total. The van der Waals surface area contributed by atoms with Crippen LogP contribution >= 0.6 is 36.2 Å². The number of nitrogen functional groups attached to an aromatic ring is 1. The number of anilines is 1. The van der Waals surface area contributed by atoms with Crippen LogP contribution in [0.2, 0.25) is 0 Å². The van der Waals surface area contributed by atoms with E-state index in [0.717, 1.165) is 16.0 Å². The minimum atomic E-state index is 0. The molecule has 2 rings (SSSR count). The first-order valence-electron chi connectivity index (χ1n) is 3.66. The molecule has 0 atom stereocenters. The van der Waals surface area contributed by atoms with Crippen LogP contribution in [0.25, 0.3) is 10.2 Å². The Labute approximate surface area is 98.6 Å². The minimum Gasteiger partial charge on any atom is -0.382 e. The lowest BCUT2D eigenvalue weighted by molar-refractivity contribution is 1.10. The largest absolute Gasteiger partial charge is 0.382 e. The molecule has 0 saturated heterocycles. The molecule has 0 unspecified atom stereocenters. The number of thiophene rings is 1. The summed E-state index contributed by atoms with van der Waals surface area (Å²) < 4.78 is 0.998. The Morgan fingerprint density at radius 1 is 1.21 bits per heavy atom. The van der Waals surface area contributed by atoms with Crippen molar-refractivity contribution in [2.24, 2.45) is 0 Å². The van der Waals surface area contributed by atoms with Crippen molar-refractivity contribution in [1.29, 1.82) is 0 Å². The standard InChI is InChI=1S/C8H9N3S.2ClH/c1-4-3-12-7-6(4)10-5(2)11-8(7)9;;/h3H,1-2H3,(H2,9,10,11);2*1H. The van der Waals surface area contributed by atoms with Crippen LogP contribution < -0.4 is 5.73 Å². The van der Waals surface area contributed by atoms with E-state index in [2.05, 4.69) is 15.3 Å². The molecule has 0 fully saturated rings. The summed E-state index contributed by atoms with van der Waals surface area (Å²) in [4.78, 5) is 8.41. The molecule has 0 aliphatic rings. The number of nitrogens with two attached hydrogens (primary N) is 1. The first kappa shape index (κ1) is 13.4. The van der Waals surface area contributed by atoms with E-state index in [1.54, 1.807) is 11.3 Å². The smallest absolute Gasteiger partial charge is 0.145 e. The van der Waals surface area contributed by atoms with Gasteiger partial charge in [-0.3, -0.25) is 0 Å². The highest BCUT2D eigenvalue weighted by atomic mass is 35.5. The maximum atomic E-state index is 5.73. The van der Waals surface area contributed by atoms with Gasteiger partial charge in [-0.05, 0) is 24.8 Å². The molecule has 6 heteroatoms. The van der Waals surface area contributed by atoms with Crippen LogP contribution in [0.4, 0.5) is 5.82 Å². The summed E-state index contributed by atoms with van der Waals surface area (Å²) in [6, 6.07) is 0. The van der Waals surface area contributed by atoms with Crippen molar-refractivity contribution in [3.05, 3.63) is 16.8 Å². The van der Waals surface area contributed by atoms with E-state index in [-0.39, 0.29) is 24.8 Å². The molecular weight excluding hydrogens is 241 g/mol. The van der Waals surface area contributed by atoms with Gasteiger partial charge in [0.15, 0.2) is 0 Å². The lowest BCUT2D eigenvalue weighted by Gasteiger charge is -1.96. The zero-order chi connectivity index (χ0) is 8.72.